The quantitative estimate of drug-likeness (QED) is 0.571. The lowest BCUT2D eigenvalue weighted by Gasteiger charge is -2.08. The van der Waals surface area contributed by atoms with Gasteiger partial charge in [-0.15, -0.1) is 0 Å². The lowest BCUT2D eigenvalue weighted by molar-refractivity contribution is -0.113. The molecule has 0 fully saturated rings. The van der Waals surface area contributed by atoms with Crippen LogP contribution in [0.2, 0.25) is 0 Å². The van der Waals surface area contributed by atoms with E-state index in [9.17, 15) is 4.79 Å². The van der Waals surface area contributed by atoms with Crippen molar-refractivity contribution in [2.45, 2.75) is 19.0 Å². The largest absolute Gasteiger partial charge is 0.325 e. The minimum absolute atomic E-state index is 0.0921. The highest BCUT2D eigenvalue weighted by atomic mass is 32.2. The van der Waals surface area contributed by atoms with Crippen LogP contribution in [0.4, 0.5) is 5.69 Å². The Morgan fingerprint density at radius 1 is 1.21 bits per heavy atom. The molecule has 0 aliphatic heterocycles. The summed E-state index contributed by atoms with van der Waals surface area (Å²) in [6.07, 6.45) is 5.29. The molecular weight excluding hydrogens is 322 g/mol. The molecule has 0 unspecified atom stereocenters. The van der Waals surface area contributed by atoms with E-state index in [-0.39, 0.29) is 11.7 Å². The van der Waals surface area contributed by atoms with Crippen molar-refractivity contribution >= 4 is 23.4 Å². The molecule has 0 atom stereocenters. The highest BCUT2D eigenvalue weighted by Crippen LogP contribution is 2.17. The lowest BCUT2D eigenvalue weighted by Crippen LogP contribution is -2.14. The number of anilines is 1. The van der Waals surface area contributed by atoms with Gasteiger partial charge in [0.25, 0.3) is 0 Å². The molecule has 0 saturated heterocycles. The second-order valence-electron chi connectivity index (χ2n) is 5.29. The van der Waals surface area contributed by atoms with Gasteiger partial charge in [0.15, 0.2) is 5.16 Å². The number of carbonyl (C=O) groups excluding carboxylic acids is 1. The summed E-state index contributed by atoms with van der Waals surface area (Å²) in [6.45, 7) is 3.83. The summed E-state index contributed by atoms with van der Waals surface area (Å²) < 4.78 is 1.88. The topological polar surface area (TPSA) is 72.7 Å². The number of rotatable bonds is 5. The molecule has 3 aromatic rings. The predicted molar refractivity (Wildman–Crippen MR) is 94.4 cm³/mol. The SMILES string of the molecule is Cc1cc(C)nc(SCC(=O)Nc2cccc(-n3ccnc3)c2)n1. The highest BCUT2D eigenvalue weighted by molar-refractivity contribution is 7.99. The molecule has 0 saturated carbocycles. The Labute approximate surface area is 144 Å². The maximum absolute atomic E-state index is 12.1. The summed E-state index contributed by atoms with van der Waals surface area (Å²) in [7, 11) is 0. The third kappa shape index (κ3) is 4.20. The second kappa shape index (κ2) is 7.27. The molecule has 2 aromatic heterocycles. The standard InChI is InChI=1S/C17H17N5OS/c1-12-8-13(2)20-17(19-12)24-10-16(23)21-14-4-3-5-15(9-14)22-7-6-18-11-22/h3-9,11H,10H2,1-2H3,(H,21,23). The van der Waals surface area contributed by atoms with Crippen molar-refractivity contribution < 1.29 is 4.79 Å². The number of aromatic nitrogens is 4. The van der Waals surface area contributed by atoms with Crippen LogP contribution in [0.3, 0.4) is 0 Å². The Balaban J connectivity index is 1.62. The van der Waals surface area contributed by atoms with Gasteiger partial charge < -0.3 is 9.88 Å². The fourth-order valence-electron chi connectivity index (χ4n) is 2.24. The lowest BCUT2D eigenvalue weighted by atomic mass is 10.2. The maximum Gasteiger partial charge on any atom is 0.234 e. The minimum Gasteiger partial charge on any atom is -0.325 e. The Morgan fingerprint density at radius 2 is 2.00 bits per heavy atom. The number of amides is 1. The summed E-state index contributed by atoms with van der Waals surface area (Å²) in [4.78, 5) is 24.8. The summed E-state index contributed by atoms with van der Waals surface area (Å²) in [5.41, 5.74) is 3.49. The number of aryl methyl sites for hydroxylation is 2. The molecule has 0 radical (unpaired) electrons. The van der Waals surface area contributed by atoms with E-state index in [1.165, 1.54) is 11.8 Å². The van der Waals surface area contributed by atoms with Gasteiger partial charge in [0.1, 0.15) is 0 Å². The van der Waals surface area contributed by atoms with Gasteiger partial charge in [-0.05, 0) is 38.1 Å². The Bertz CT molecular complexity index is 828. The average Bonchev–Trinajstić information content (AvgIpc) is 3.07. The zero-order valence-electron chi connectivity index (χ0n) is 13.4. The van der Waals surface area contributed by atoms with Gasteiger partial charge in [0.2, 0.25) is 5.91 Å². The minimum atomic E-state index is -0.0921. The van der Waals surface area contributed by atoms with Crippen LogP contribution < -0.4 is 5.32 Å². The molecule has 3 rings (SSSR count). The van der Waals surface area contributed by atoms with Crippen molar-refractivity contribution in [2.24, 2.45) is 0 Å². The molecule has 1 N–H and O–H groups in total. The molecule has 0 spiro atoms. The third-order valence-electron chi connectivity index (χ3n) is 3.23. The molecule has 7 heteroatoms. The summed E-state index contributed by atoms with van der Waals surface area (Å²) in [6, 6.07) is 9.51. The molecule has 0 bridgehead atoms. The van der Waals surface area contributed by atoms with Gasteiger partial charge in [0.05, 0.1) is 12.1 Å². The molecule has 1 aromatic carbocycles. The Hall–Kier alpha value is -2.67. The van der Waals surface area contributed by atoms with Crippen molar-refractivity contribution in [3.8, 4) is 5.69 Å². The van der Waals surface area contributed by atoms with Gasteiger partial charge in [0, 0.05) is 35.2 Å². The van der Waals surface area contributed by atoms with Crippen LogP contribution in [0.1, 0.15) is 11.4 Å². The Kier molecular flexibility index (Phi) is 4.90. The van der Waals surface area contributed by atoms with E-state index in [2.05, 4.69) is 20.3 Å². The van der Waals surface area contributed by atoms with Crippen LogP contribution in [0.15, 0.2) is 54.2 Å². The molecular formula is C17H17N5OS. The van der Waals surface area contributed by atoms with Gasteiger partial charge in [-0.2, -0.15) is 0 Å². The van der Waals surface area contributed by atoms with Crippen molar-refractivity contribution in [2.75, 3.05) is 11.1 Å². The van der Waals surface area contributed by atoms with Gasteiger partial charge in [-0.25, -0.2) is 15.0 Å². The number of benzene rings is 1. The van der Waals surface area contributed by atoms with Gasteiger partial charge in [-0.3, -0.25) is 4.79 Å². The first-order valence-electron chi connectivity index (χ1n) is 7.43. The summed E-state index contributed by atoms with van der Waals surface area (Å²) >= 11 is 1.33. The van der Waals surface area contributed by atoms with Crippen LogP contribution in [0.25, 0.3) is 5.69 Å². The van der Waals surface area contributed by atoms with Crippen LogP contribution in [0.5, 0.6) is 0 Å². The smallest absolute Gasteiger partial charge is 0.234 e. The van der Waals surface area contributed by atoms with E-state index in [1.54, 1.807) is 12.5 Å². The van der Waals surface area contributed by atoms with E-state index in [4.69, 9.17) is 0 Å². The predicted octanol–water partition coefficient (Wildman–Crippen LogP) is 3.01. The van der Waals surface area contributed by atoms with Crippen LogP contribution in [0, 0.1) is 13.8 Å². The first kappa shape index (κ1) is 16.2. The fraction of sp³-hybridized carbons (Fsp3) is 0.176. The van der Waals surface area contributed by atoms with Crippen molar-refractivity contribution in [3.05, 3.63) is 60.4 Å². The Morgan fingerprint density at radius 3 is 2.71 bits per heavy atom. The zero-order chi connectivity index (χ0) is 16.9. The van der Waals surface area contributed by atoms with E-state index in [1.807, 2.05) is 54.9 Å². The number of imidazole rings is 1. The number of hydrogen-bond acceptors (Lipinski definition) is 5. The van der Waals surface area contributed by atoms with E-state index in [0.29, 0.717) is 5.16 Å². The molecule has 0 aliphatic rings. The molecule has 6 nitrogen and oxygen atoms in total. The summed E-state index contributed by atoms with van der Waals surface area (Å²) in [5, 5.41) is 3.51. The monoisotopic (exact) mass is 339 g/mol. The van der Waals surface area contributed by atoms with E-state index in [0.717, 1.165) is 22.8 Å². The molecule has 0 aliphatic carbocycles. The number of nitrogens with one attached hydrogen (secondary N) is 1. The molecule has 2 heterocycles. The van der Waals surface area contributed by atoms with Crippen LogP contribution >= 0.6 is 11.8 Å². The maximum atomic E-state index is 12.1. The highest BCUT2D eigenvalue weighted by Gasteiger charge is 2.07. The average molecular weight is 339 g/mol. The van der Waals surface area contributed by atoms with Gasteiger partial charge in [-0.1, -0.05) is 17.8 Å². The molecule has 24 heavy (non-hydrogen) atoms. The number of hydrogen-bond donors (Lipinski definition) is 1. The number of thioether (sulfide) groups is 1. The first-order valence-corrected chi connectivity index (χ1v) is 8.42. The number of nitrogens with zero attached hydrogens (tertiary/aromatic N) is 4. The van der Waals surface area contributed by atoms with Crippen LogP contribution in [-0.2, 0) is 4.79 Å². The second-order valence-corrected chi connectivity index (χ2v) is 6.23. The molecule has 1 amide bonds. The van der Waals surface area contributed by atoms with Crippen molar-refractivity contribution in [1.29, 1.82) is 0 Å². The van der Waals surface area contributed by atoms with E-state index >= 15 is 0 Å². The zero-order valence-corrected chi connectivity index (χ0v) is 14.2. The molecule has 122 valence electrons. The van der Waals surface area contributed by atoms with Gasteiger partial charge >= 0.3 is 0 Å². The summed E-state index contributed by atoms with van der Waals surface area (Å²) in [5.74, 6) is 0.170. The number of carbonyl (C=O) groups is 1. The third-order valence-corrected chi connectivity index (χ3v) is 4.07. The first-order chi connectivity index (χ1) is 11.6. The van der Waals surface area contributed by atoms with Crippen molar-refractivity contribution in [3.63, 3.8) is 0 Å². The van der Waals surface area contributed by atoms with Crippen molar-refractivity contribution in [1.82, 2.24) is 19.5 Å². The van der Waals surface area contributed by atoms with Crippen LogP contribution in [-0.4, -0.2) is 31.2 Å². The fourth-order valence-corrected chi connectivity index (χ4v) is 2.99. The van der Waals surface area contributed by atoms with E-state index < -0.39 is 0 Å². The normalized spacial score (nSPS) is 10.6.